The number of nitrogens with one attached hydrogen (secondary N) is 1. The Morgan fingerprint density at radius 2 is 1.95 bits per heavy atom. The Balaban J connectivity index is 2.04. The van der Waals surface area contributed by atoms with Crippen LogP contribution in [0.1, 0.15) is 13.3 Å². The highest BCUT2D eigenvalue weighted by molar-refractivity contribution is 7.16. The smallest absolute Gasteiger partial charge is 0.163 e. The van der Waals surface area contributed by atoms with Gasteiger partial charge in [0.1, 0.15) is 16.4 Å². The molecular weight excluding hydrogens is 282 g/mol. The van der Waals surface area contributed by atoms with E-state index in [2.05, 4.69) is 28.3 Å². The Morgan fingerprint density at radius 1 is 1.14 bits per heavy atom. The highest BCUT2D eigenvalue weighted by atomic mass is 32.1. The molecule has 1 aromatic carbocycles. The molecule has 0 fully saturated rings. The van der Waals surface area contributed by atoms with Crippen LogP contribution in [0.3, 0.4) is 0 Å². The van der Waals surface area contributed by atoms with Crippen LogP contribution < -0.4 is 10.1 Å². The third-order valence-electron chi connectivity index (χ3n) is 3.22. The minimum atomic E-state index is 0.742. The Morgan fingerprint density at radius 3 is 2.67 bits per heavy atom. The van der Waals surface area contributed by atoms with E-state index < -0.39 is 0 Å². The van der Waals surface area contributed by atoms with E-state index in [1.807, 2.05) is 29.6 Å². The van der Waals surface area contributed by atoms with E-state index in [0.717, 1.165) is 46.1 Å². The van der Waals surface area contributed by atoms with Crippen molar-refractivity contribution in [2.75, 3.05) is 19.0 Å². The second-order valence-corrected chi connectivity index (χ2v) is 5.59. The van der Waals surface area contributed by atoms with E-state index in [4.69, 9.17) is 4.74 Å². The molecule has 2 aromatic heterocycles. The van der Waals surface area contributed by atoms with Crippen LogP contribution in [0, 0.1) is 0 Å². The zero-order valence-electron chi connectivity index (χ0n) is 12.1. The molecule has 5 heteroatoms. The first-order valence-electron chi connectivity index (χ1n) is 6.95. The van der Waals surface area contributed by atoms with Crippen molar-refractivity contribution in [3.05, 3.63) is 35.7 Å². The third-order valence-corrected chi connectivity index (χ3v) is 4.02. The second kappa shape index (κ2) is 6.10. The van der Waals surface area contributed by atoms with Crippen LogP contribution in [0.15, 0.2) is 35.7 Å². The van der Waals surface area contributed by atoms with E-state index in [-0.39, 0.29) is 0 Å². The molecule has 2 heterocycles. The van der Waals surface area contributed by atoms with Crippen molar-refractivity contribution in [3.8, 4) is 17.1 Å². The van der Waals surface area contributed by atoms with Gasteiger partial charge >= 0.3 is 0 Å². The summed E-state index contributed by atoms with van der Waals surface area (Å²) in [6.45, 7) is 3.05. The van der Waals surface area contributed by atoms with Crippen molar-refractivity contribution < 1.29 is 4.74 Å². The molecule has 0 atom stereocenters. The SMILES string of the molecule is CCCNc1nc(-c2ccc(OC)cc2)nc2sccc12. The van der Waals surface area contributed by atoms with Gasteiger partial charge in [0.15, 0.2) is 5.82 Å². The summed E-state index contributed by atoms with van der Waals surface area (Å²) in [5, 5.41) is 6.53. The average molecular weight is 299 g/mol. The van der Waals surface area contributed by atoms with Crippen LogP contribution in [-0.4, -0.2) is 23.6 Å². The summed E-state index contributed by atoms with van der Waals surface area (Å²) in [5.74, 6) is 2.49. The highest BCUT2D eigenvalue weighted by Gasteiger charge is 2.10. The van der Waals surface area contributed by atoms with Gasteiger partial charge in [-0.05, 0) is 42.1 Å². The Hall–Kier alpha value is -2.14. The minimum Gasteiger partial charge on any atom is -0.497 e. The summed E-state index contributed by atoms with van der Waals surface area (Å²) >= 11 is 1.64. The number of anilines is 1. The number of methoxy groups -OCH3 is 1. The molecule has 4 nitrogen and oxygen atoms in total. The molecule has 0 aliphatic heterocycles. The number of benzene rings is 1. The predicted molar refractivity (Wildman–Crippen MR) is 88.2 cm³/mol. The zero-order valence-corrected chi connectivity index (χ0v) is 12.9. The van der Waals surface area contributed by atoms with Gasteiger partial charge in [0.25, 0.3) is 0 Å². The van der Waals surface area contributed by atoms with Crippen molar-refractivity contribution >= 4 is 27.4 Å². The van der Waals surface area contributed by atoms with Gasteiger partial charge in [0, 0.05) is 12.1 Å². The highest BCUT2D eigenvalue weighted by Crippen LogP contribution is 2.29. The Kier molecular flexibility index (Phi) is 4.01. The molecule has 108 valence electrons. The molecule has 0 saturated carbocycles. The Labute approximate surface area is 127 Å². The number of hydrogen-bond donors (Lipinski definition) is 1. The molecule has 0 bridgehead atoms. The summed E-state index contributed by atoms with van der Waals surface area (Å²) in [4.78, 5) is 10.3. The maximum absolute atomic E-state index is 5.19. The topological polar surface area (TPSA) is 47.0 Å². The van der Waals surface area contributed by atoms with Crippen LogP contribution in [0.25, 0.3) is 21.6 Å². The molecule has 0 radical (unpaired) electrons. The first-order chi connectivity index (χ1) is 10.3. The summed E-state index contributed by atoms with van der Waals surface area (Å²) in [7, 11) is 1.66. The molecule has 3 rings (SSSR count). The molecule has 0 unspecified atom stereocenters. The summed E-state index contributed by atoms with van der Waals surface area (Å²) in [5.41, 5.74) is 0.991. The van der Waals surface area contributed by atoms with Crippen molar-refractivity contribution in [2.24, 2.45) is 0 Å². The number of ether oxygens (including phenoxy) is 1. The molecule has 0 saturated heterocycles. The second-order valence-electron chi connectivity index (χ2n) is 4.69. The van der Waals surface area contributed by atoms with Gasteiger partial charge in [-0.2, -0.15) is 0 Å². The van der Waals surface area contributed by atoms with E-state index in [0.29, 0.717) is 0 Å². The molecular formula is C16H17N3OS. The van der Waals surface area contributed by atoms with Crippen molar-refractivity contribution in [1.29, 1.82) is 0 Å². The Bertz CT molecular complexity index is 737. The lowest BCUT2D eigenvalue weighted by atomic mass is 10.2. The van der Waals surface area contributed by atoms with Crippen LogP contribution in [0.5, 0.6) is 5.75 Å². The van der Waals surface area contributed by atoms with Crippen LogP contribution in [0.2, 0.25) is 0 Å². The summed E-state index contributed by atoms with van der Waals surface area (Å²) in [6, 6.07) is 9.89. The molecule has 0 amide bonds. The van der Waals surface area contributed by atoms with Crippen molar-refractivity contribution in [1.82, 2.24) is 9.97 Å². The van der Waals surface area contributed by atoms with Gasteiger partial charge in [-0.25, -0.2) is 9.97 Å². The standard InChI is InChI=1S/C16H17N3OS/c1-3-9-17-15-13-8-10-21-16(13)19-14(18-15)11-4-6-12(20-2)7-5-11/h4-8,10H,3,9H2,1-2H3,(H,17,18,19). The lowest BCUT2D eigenvalue weighted by molar-refractivity contribution is 0.415. The summed E-state index contributed by atoms with van der Waals surface area (Å²) in [6.07, 6.45) is 1.06. The van der Waals surface area contributed by atoms with Gasteiger partial charge in [-0.15, -0.1) is 11.3 Å². The van der Waals surface area contributed by atoms with E-state index >= 15 is 0 Å². The fourth-order valence-corrected chi connectivity index (χ4v) is 2.87. The van der Waals surface area contributed by atoms with Crippen molar-refractivity contribution in [3.63, 3.8) is 0 Å². The fourth-order valence-electron chi connectivity index (χ4n) is 2.10. The third kappa shape index (κ3) is 2.83. The maximum Gasteiger partial charge on any atom is 0.163 e. The van der Waals surface area contributed by atoms with Gasteiger partial charge in [0.05, 0.1) is 12.5 Å². The van der Waals surface area contributed by atoms with Crippen LogP contribution in [-0.2, 0) is 0 Å². The predicted octanol–water partition coefficient (Wildman–Crippen LogP) is 4.19. The molecule has 0 aliphatic carbocycles. The number of rotatable bonds is 5. The monoisotopic (exact) mass is 299 g/mol. The molecule has 0 aliphatic rings. The average Bonchev–Trinajstić information content (AvgIpc) is 3.01. The number of nitrogens with zero attached hydrogens (tertiary/aromatic N) is 2. The quantitative estimate of drug-likeness (QED) is 0.767. The van der Waals surface area contributed by atoms with E-state index in [1.165, 1.54) is 0 Å². The minimum absolute atomic E-state index is 0.742. The fraction of sp³-hybridized carbons (Fsp3) is 0.250. The summed E-state index contributed by atoms with van der Waals surface area (Å²) < 4.78 is 5.19. The number of aromatic nitrogens is 2. The van der Waals surface area contributed by atoms with Gasteiger partial charge in [-0.1, -0.05) is 6.92 Å². The number of hydrogen-bond acceptors (Lipinski definition) is 5. The normalized spacial score (nSPS) is 10.8. The molecule has 3 aromatic rings. The van der Waals surface area contributed by atoms with E-state index in [1.54, 1.807) is 18.4 Å². The zero-order chi connectivity index (χ0) is 14.7. The lowest BCUT2D eigenvalue weighted by Gasteiger charge is -2.08. The molecule has 0 spiro atoms. The van der Waals surface area contributed by atoms with Gasteiger partial charge in [0.2, 0.25) is 0 Å². The van der Waals surface area contributed by atoms with Gasteiger partial charge in [-0.3, -0.25) is 0 Å². The number of thiophene rings is 1. The first-order valence-corrected chi connectivity index (χ1v) is 7.83. The molecule has 21 heavy (non-hydrogen) atoms. The lowest BCUT2D eigenvalue weighted by Crippen LogP contribution is -2.04. The largest absolute Gasteiger partial charge is 0.497 e. The van der Waals surface area contributed by atoms with Crippen LogP contribution >= 0.6 is 11.3 Å². The van der Waals surface area contributed by atoms with E-state index in [9.17, 15) is 0 Å². The van der Waals surface area contributed by atoms with Crippen molar-refractivity contribution in [2.45, 2.75) is 13.3 Å². The maximum atomic E-state index is 5.19. The van der Waals surface area contributed by atoms with Crippen LogP contribution in [0.4, 0.5) is 5.82 Å². The number of fused-ring (bicyclic) bond motifs is 1. The molecule has 1 N–H and O–H groups in total. The first kappa shape index (κ1) is 13.8. The van der Waals surface area contributed by atoms with Gasteiger partial charge < -0.3 is 10.1 Å².